The van der Waals surface area contributed by atoms with Gasteiger partial charge in [0.25, 0.3) is 0 Å². The van der Waals surface area contributed by atoms with Crippen molar-refractivity contribution >= 4 is 11.1 Å². The molecule has 0 amide bonds. The molecular weight excluding hydrogens is 274 g/mol. The molecule has 0 unspecified atom stereocenters. The van der Waals surface area contributed by atoms with Crippen LogP contribution < -0.4 is 5.32 Å². The Labute approximate surface area is 122 Å². The molecule has 0 saturated heterocycles. The first kappa shape index (κ1) is 14.4. The lowest BCUT2D eigenvalue weighted by atomic mass is 9.82. The molecule has 0 atom stereocenters. The third-order valence-corrected chi connectivity index (χ3v) is 4.04. The molecule has 114 valence electrons. The summed E-state index contributed by atoms with van der Waals surface area (Å²) in [6.45, 7) is 4.65. The van der Waals surface area contributed by atoms with Crippen molar-refractivity contribution in [3.63, 3.8) is 0 Å². The Morgan fingerprint density at radius 3 is 2.76 bits per heavy atom. The molecule has 0 bridgehead atoms. The van der Waals surface area contributed by atoms with Crippen molar-refractivity contribution < 1.29 is 13.2 Å². The van der Waals surface area contributed by atoms with Crippen molar-refractivity contribution in [2.24, 2.45) is 0 Å². The van der Waals surface area contributed by atoms with E-state index in [9.17, 15) is 8.78 Å². The first-order valence-corrected chi connectivity index (χ1v) is 7.45. The number of hydrogen-bond donors (Lipinski definition) is 1. The van der Waals surface area contributed by atoms with Gasteiger partial charge in [-0.15, -0.1) is 0 Å². The van der Waals surface area contributed by atoms with Gasteiger partial charge in [-0.2, -0.15) is 0 Å². The fourth-order valence-corrected chi connectivity index (χ4v) is 2.58. The Bertz CT molecular complexity index is 647. The fourth-order valence-electron chi connectivity index (χ4n) is 2.58. The summed E-state index contributed by atoms with van der Waals surface area (Å²) in [5.74, 6) is 0.233. The van der Waals surface area contributed by atoms with E-state index < -0.39 is 11.5 Å². The minimum absolute atomic E-state index is 0.114. The summed E-state index contributed by atoms with van der Waals surface area (Å²) in [7, 11) is 0. The Kier molecular flexibility index (Phi) is 3.69. The van der Waals surface area contributed by atoms with Gasteiger partial charge in [0, 0.05) is 19.0 Å². The van der Waals surface area contributed by atoms with Crippen LogP contribution in [0.5, 0.6) is 0 Å². The summed E-state index contributed by atoms with van der Waals surface area (Å²) >= 11 is 0. The van der Waals surface area contributed by atoms with Crippen LogP contribution in [0.15, 0.2) is 16.5 Å². The van der Waals surface area contributed by atoms with Crippen LogP contribution in [0.1, 0.15) is 50.5 Å². The second kappa shape index (κ2) is 5.37. The first-order chi connectivity index (χ1) is 9.97. The van der Waals surface area contributed by atoms with Crippen LogP contribution in [0.25, 0.3) is 11.1 Å². The summed E-state index contributed by atoms with van der Waals surface area (Å²) in [5, 5.41) is 3.07. The monoisotopic (exact) mass is 294 g/mol. The molecule has 5 heteroatoms. The number of nitrogens with one attached hydrogen (secondary N) is 1. The lowest BCUT2D eigenvalue weighted by molar-refractivity contribution is 0.0630. The van der Waals surface area contributed by atoms with E-state index in [0.29, 0.717) is 37.3 Å². The second-order valence-electron chi connectivity index (χ2n) is 6.24. The molecule has 1 aliphatic carbocycles. The largest absolute Gasteiger partial charge is 0.437 e. The van der Waals surface area contributed by atoms with E-state index in [1.165, 1.54) is 6.07 Å². The SMILES string of the molecule is CC(C)c1nc2cc(CNCC3(F)CCC3)cc(F)c2o1. The topological polar surface area (TPSA) is 38.1 Å². The molecule has 3 rings (SSSR count). The summed E-state index contributed by atoms with van der Waals surface area (Å²) < 4.78 is 33.3. The number of rotatable bonds is 5. The van der Waals surface area contributed by atoms with E-state index in [1.807, 2.05) is 13.8 Å². The lowest BCUT2D eigenvalue weighted by Gasteiger charge is -2.33. The molecule has 1 aromatic carbocycles. The fraction of sp³-hybridized carbons (Fsp3) is 0.562. The molecule has 21 heavy (non-hydrogen) atoms. The molecule has 1 N–H and O–H groups in total. The first-order valence-electron chi connectivity index (χ1n) is 7.45. The third-order valence-electron chi connectivity index (χ3n) is 4.04. The van der Waals surface area contributed by atoms with Crippen molar-refractivity contribution in [3.8, 4) is 0 Å². The van der Waals surface area contributed by atoms with Crippen molar-refractivity contribution in [1.29, 1.82) is 0 Å². The number of nitrogens with zero attached hydrogens (tertiary/aromatic N) is 1. The zero-order valence-corrected chi connectivity index (χ0v) is 12.4. The number of aromatic nitrogens is 1. The van der Waals surface area contributed by atoms with Gasteiger partial charge in [-0.3, -0.25) is 0 Å². The summed E-state index contributed by atoms with van der Waals surface area (Å²) in [5.41, 5.74) is 0.408. The molecular formula is C16H20F2N2O. The Morgan fingerprint density at radius 2 is 2.14 bits per heavy atom. The highest BCUT2D eigenvalue weighted by atomic mass is 19.1. The highest BCUT2D eigenvalue weighted by Crippen LogP contribution is 2.35. The molecule has 2 aromatic rings. The van der Waals surface area contributed by atoms with Gasteiger partial charge in [0.15, 0.2) is 17.3 Å². The predicted molar refractivity (Wildman–Crippen MR) is 77.5 cm³/mol. The zero-order chi connectivity index (χ0) is 15.0. The van der Waals surface area contributed by atoms with E-state index >= 15 is 0 Å². The van der Waals surface area contributed by atoms with Crippen molar-refractivity contribution in [3.05, 3.63) is 29.4 Å². The molecule has 1 aromatic heterocycles. The smallest absolute Gasteiger partial charge is 0.198 e. The zero-order valence-electron chi connectivity index (χ0n) is 12.4. The van der Waals surface area contributed by atoms with Crippen molar-refractivity contribution in [2.75, 3.05) is 6.54 Å². The standard InChI is InChI=1S/C16H20F2N2O/c1-10(2)15-20-13-7-11(6-12(17)14(13)21-15)8-19-9-16(18)4-3-5-16/h6-7,10,19H,3-5,8-9H2,1-2H3. The van der Waals surface area contributed by atoms with Gasteiger partial charge in [-0.25, -0.2) is 13.8 Å². The van der Waals surface area contributed by atoms with E-state index in [4.69, 9.17) is 4.42 Å². The Balaban J connectivity index is 1.73. The normalized spacial score (nSPS) is 17.4. The minimum Gasteiger partial charge on any atom is -0.437 e. The lowest BCUT2D eigenvalue weighted by Crippen LogP contribution is -2.42. The number of alkyl halides is 1. The van der Waals surface area contributed by atoms with Crippen LogP contribution in [-0.2, 0) is 6.54 Å². The van der Waals surface area contributed by atoms with Crippen molar-refractivity contribution in [1.82, 2.24) is 10.3 Å². The van der Waals surface area contributed by atoms with Crippen LogP contribution >= 0.6 is 0 Å². The summed E-state index contributed by atoms with van der Waals surface area (Å²) in [6, 6.07) is 3.22. The number of oxazole rings is 1. The third kappa shape index (κ3) is 2.93. The molecule has 1 heterocycles. The molecule has 1 aliphatic rings. The van der Waals surface area contributed by atoms with Gasteiger partial charge in [-0.05, 0) is 37.0 Å². The van der Waals surface area contributed by atoms with E-state index in [2.05, 4.69) is 10.3 Å². The van der Waals surface area contributed by atoms with Gasteiger partial charge in [-0.1, -0.05) is 13.8 Å². The summed E-state index contributed by atoms with van der Waals surface area (Å²) in [4.78, 5) is 4.31. The van der Waals surface area contributed by atoms with Crippen LogP contribution in [0, 0.1) is 5.82 Å². The van der Waals surface area contributed by atoms with Gasteiger partial charge < -0.3 is 9.73 Å². The molecule has 0 aliphatic heterocycles. The maximum absolute atomic E-state index is 14.0. The van der Waals surface area contributed by atoms with Gasteiger partial charge in [0.1, 0.15) is 11.2 Å². The number of hydrogen-bond acceptors (Lipinski definition) is 3. The quantitative estimate of drug-likeness (QED) is 0.903. The van der Waals surface area contributed by atoms with Gasteiger partial charge in [0.05, 0.1) is 0 Å². The predicted octanol–water partition coefficient (Wildman–Crippen LogP) is 4.07. The van der Waals surface area contributed by atoms with Crippen LogP contribution in [0.3, 0.4) is 0 Å². The highest BCUT2D eigenvalue weighted by Gasteiger charge is 2.36. The maximum Gasteiger partial charge on any atom is 0.198 e. The number of fused-ring (bicyclic) bond motifs is 1. The van der Waals surface area contributed by atoms with Gasteiger partial charge in [0.2, 0.25) is 0 Å². The molecule has 3 nitrogen and oxygen atoms in total. The second-order valence-corrected chi connectivity index (χ2v) is 6.24. The van der Waals surface area contributed by atoms with E-state index in [1.54, 1.807) is 6.07 Å². The van der Waals surface area contributed by atoms with E-state index in [0.717, 1.165) is 12.0 Å². The average molecular weight is 294 g/mol. The number of benzene rings is 1. The van der Waals surface area contributed by atoms with Gasteiger partial charge >= 0.3 is 0 Å². The molecule has 1 saturated carbocycles. The average Bonchev–Trinajstić information content (AvgIpc) is 2.81. The maximum atomic E-state index is 14.0. The molecule has 0 spiro atoms. The molecule has 1 fully saturated rings. The minimum atomic E-state index is -1.07. The van der Waals surface area contributed by atoms with Crippen molar-refractivity contribution in [2.45, 2.75) is 51.2 Å². The van der Waals surface area contributed by atoms with E-state index in [-0.39, 0.29) is 11.5 Å². The Morgan fingerprint density at radius 1 is 1.38 bits per heavy atom. The number of halogens is 2. The summed E-state index contributed by atoms with van der Waals surface area (Å²) in [6.07, 6.45) is 2.19. The van der Waals surface area contributed by atoms with Crippen LogP contribution in [0.4, 0.5) is 8.78 Å². The highest BCUT2D eigenvalue weighted by molar-refractivity contribution is 5.74. The molecule has 0 radical (unpaired) electrons. The van der Waals surface area contributed by atoms with Crippen LogP contribution in [0.2, 0.25) is 0 Å². The van der Waals surface area contributed by atoms with Crippen LogP contribution in [-0.4, -0.2) is 17.2 Å². The Hall–Kier alpha value is -1.49.